The van der Waals surface area contributed by atoms with E-state index in [1.54, 1.807) is 17.3 Å². The molecule has 1 aromatic rings. The van der Waals surface area contributed by atoms with Gasteiger partial charge >= 0.3 is 6.09 Å². The molecule has 0 radical (unpaired) electrons. The minimum absolute atomic E-state index is 0.0828. The molecule has 0 bridgehead atoms. The highest BCUT2D eigenvalue weighted by Gasteiger charge is 2.49. The maximum absolute atomic E-state index is 12.6. The number of fused-ring (bicyclic) bond motifs is 1. The lowest BCUT2D eigenvalue weighted by Gasteiger charge is -2.38. The standard InChI is InChI=1S/C16H21N3O3/c1-15(2,3)22-14(21)19-8-4-16(5-9-19)10-11-12(13(16)20)18-7-6-17-11/h6-7H,4-5,8-10H2,1-3H3. The van der Waals surface area contributed by atoms with Crippen molar-refractivity contribution in [1.29, 1.82) is 0 Å². The highest BCUT2D eigenvalue weighted by molar-refractivity contribution is 6.03. The normalized spacial score (nSPS) is 20.1. The fourth-order valence-electron chi connectivity index (χ4n) is 3.19. The first kappa shape index (κ1) is 14.9. The second-order valence-electron chi connectivity index (χ2n) is 7.11. The van der Waals surface area contributed by atoms with E-state index in [1.165, 1.54) is 0 Å². The van der Waals surface area contributed by atoms with Crippen LogP contribution in [-0.2, 0) is 11.2 Å². The molecule has 6 heteroatoms. The lowest BCUT2D eigenvalue weighted by Crippen LogP contribution is -2.47. The zero-order valence-electron chi connectivity index (χ0n) is 13.3. The molecule has 1 aromatic heterocycles. The molecule has 0 N–H and O–H groups in total. The molecule has 0 saturated carbocycles. The number of rotatable bonds is 0. The average molecular weight is 303 g/mol. The molecule has 1 amide bonds. The summed E-state index contributed by atoms with van der Waals surface area (Å²) >= 11 is 0. The molecular weight excluding hydrogens is 282 g/mol. The van der Waals surface area contributed by atoms with Gasteiger partial charge in [-0.25, -0.2) is 9.78 Å². The Labute approximate surface area is 129 Å². The summed E-state index contributed by atoms with van der Waals surface area (Å²) < 4.78 is 5.39. The van der Waals surface area contributed by atoms with E-state index in [-0.39, 0.29) is 11.9 Å². The Morgan fingerprint density at radius 2 is 1.86 bits per heavy atom. The summed E-state index contributed by atoms with van der Waals surface area (Å²) in [5.74, 6) is 0.0828. The van der Waals surface area contributed by atoms with E-state index < -0.39 is 11.0 Å². The van der Waals surface area contributed by atoms with E-state index in [4.69, 9.17) is 4.74 Å². The van der Waals surface area contributed by atoms with Gasteiger partial charge in [-0.1, -0.05) is 0 Å². The van der Waals surface area contributed by atoms with E-state index in [0.717, 1.165) is 5.69 Å². The smallest absolute Gasteiger partial charge is 0.410 e. The Morgan fingerprint density at radius 1 is 1.23 bits per heavy atom. The minimum Gasteiger partial charge on any atom is -0.444 e. The van der Waals surface area contributed by atoms with Crippen LogP contribution in [-0.4, -0.2) is 45.4 Å². The van der Waals surface area contributed by atoms with Crippen molar-refractivity contribution in [2.75, 3.05) is 13.1 Å². The Hall–Kier alpha value is -1.98. The number of ether oxygens (including phenoxy) is 1. The number of amides is 1. The molecule has 0 aromatic carbocycles. The van der Waals surface area contributed by atoms with Gasteiger partial charge in [-0.3, -0.25) is 9.78 Å². The van der Waals surface area contributed by atoms with Crippen LogP contribution in [0.25, 0.3) is 0 Å². The Balaban J connectivity index is 1.68. The molecule has 6 nitrogen and oxygen atoms in total. The van der Waals surface area contributed by atoms with Gasteiger partial charge in [0.1, 0.15) is 11.3 Å². The predicted molar refractivity (Wildman–Crippen MR) is 79.5 cm³/mol. The molecule has 118 valence electrons. The Bertz CT molecular complexity index is 613. The van der Waals surface area contributed by atoms with E-state index in [0.29, 0.717) is 38.0 Å². The molecule has 1 saturated heterocycles. The molecule has 0 atom stereocenters. The van der Waals surface area contributed by atoms with E-state index in [9.17, 15) is 9.59 Å². The fourth-order valence-corrected chi connectivity index (χ4v) is 3.19. The number of carbonyl (C=O) groups excluding carboxylic acids is 2. The van der Waals surface area contributed by atoms with Crippen LogP contribution in [0.3, 0.4) is 0 Å². The molecule has 1 spiro atoms. The first-order valence-corrected chi connectivity index (χ1v) is 7.63. The lowest BCUT2D eigenvalue weighted by molar-refractivity contribution is 0.0113. The summed E-state index contributed by atoms with van der Waals surface area (Å²) in [7, 11) is 0. The summed E-state index contributed by atoms with van der Waals surface area (Å²) in [5.41, 5.74) is 0.369. The zero-order chi connectivity index (χ0) is 16.0. The fraction of sp³-hybridized carbons (Fsp3) is 0.625. The first-order valence-electron chi connectivity index (χ1n) is 7.63. The van der Waals surface area contributed by atoms with Crippen LogP contribution in [0.4, 0.5) is 4.79 Å². The molecule has 2 aliphatic rings. The topological polar surface area (TPSA) is 72.4 Å². The van der Waals surface area contributed by atoms with Crippen LogP contribution < -0.4 is 0 Å². The van der Waals surface area contributed by atoms with E-state index >= 15 is 0 Å². The molecule has 22 heavy (non-hydrogen) atoms. The highest BCUT2D eigenvalue weighted by atomic mass is 16.6. The summed E-state index contributed by atoms with van der Waals surface area (Å²) in [6, 6.07) is 0. The number of aromatic nitrogens is 2. The number of nitrogens with zero attached hydrogens (tertiary/aromatic N) is 3. The van der Waals surface area contributed by atoms with Gasteiger partial charge in [0.15, 0.2) is 5.78 Å². The van der Waals surface area contributed by atoms with Gasteiger partial charge in [-0.05, 0) is 33.6 Å². The second-order valence-corrected chi connectivity index (χ2v) is 7.11. The van der Waals surface area contributed by atoms with Crippen molar-refractivity contribution in [2.45, 2.75) is 45.6 Å². The summed E-state index contributed by atoms with van der Waals surface area (Å²) in [6.07, 6.45) is 4.80. The first-order chi connectivity index (χ1) is 10.3. The quantitative estimate of drug-likeness (QED) is 0.735. The Morgan fingerprint density at radius 3 is 2.45 bits per heavy atom. The number of hydrogen-bond acceptors (Lipinski definition) is 5. The van der Waals surface area contributed by atoms with Gasteiger partial charge in [-0.15, -0.1) is 0 Å². The summed E-state index contributed by atoms with van der Waals surface area (Å²) in [6.45, 7) is 6.63. The minimum atomic E-state index is -0.501. The number of ketones is 1. The van der Waals surface area contributed by atoms with Crippen molar-refractivity contribution < 1.29 is 14.3 Å². The van der Waals surface area contributed by atoms with Crippen molar-refractivity contribution in [2.24, 2.45) is 5.41 Å². The number of hydrogen-bond donors (Lipinski definition) is 0. The van der Waals surface area contributed by atoms with Gasteiger partial charge in [0.2, 0.25) is 0 Å². The largest absolute Gasteiger partial charge is 0.444 e. The number of piperidine rings is 1. The lowest BCUT2D eigenvalue weighted by atomic mass is 9.75. The third-order valence-electron chi connectivity index (χ3n) is 4.35. The third-order valence-corrected chi connectivity index (χ3v) is 4.35. The number of Topliss-reactive ketones (excluding diaryl/α,β-unsaturated/α-hetero) is 1. The van der Waals surface area contributed by atoms with Crippen LogP contribution in [0, 0.1) is 5.41 Å². The molecule has 1 fully saturated rings. The van der Waals surface area contributed by atoms with Crippen molar-refractivity contribution in [3.63, 3.8) is 0 Å². The van der Waals surface area contributed by atoms with Crippen LogP contribution in [0.5, 0.6) is 0 Å². The van der Waals surface area contributed by atoms with Crippen LogP contribution >= 0.6 is 0 Å². The third kappa shape index (κ3) is 2.58. The monoisotopic (exact) mass is 303 g/mol. The Kier molecular flexibility index (Phi) is 3.42. The van der Waals surface area contributed by atoms with Gasteiger partial charge in [0.25, 0.3) is 0 Å². The molecule has 3 rings (SSSR count). The summed E-state index contributed by atoms with van der Waals surface area (Å²) in [5, 5.41) is 0. The predicted octanol–water partition coefficient (Wildman–Crippen LogP) is 2.23. The van der Waals surface area contributed by atoms with Crippen LogP contribution in [0.1, 0.15) is 49.8 Å². The van der Waals surface area contributed by atoms with Gasteiger partial charge in [-0.2, -0.15) is 0 Å². The van der Waals surface area contributed by atoms with Crippen molar-refractivity contribution in [3.05, 3.63) is 23.8 Å². The van der Waals surface area contributed by atoms with Crippen LogP contribution in [0.15, 0.2) is 12.4 Å². The number of likely N-dealkylation sites (tertiary alicyclic amines) is 1. The maximum atomic E-state index is 12.6. The SMILES string of the molecule is CC(C)(C)OC(=O)N1CCC2(CC1)Cc1nccnc1C2=O. The maximum Gasteiger partial charge on any atom is 0.410 e. The second kappa shape index (κ2) is 5.04. The van der Waals surface area contributed by atoms with Gasteiger partial charge in [0.05, 0.1) is 5.69 Å². The van der Waals surface area contributed by atoms with Crippen LogP contribution in [0.2, 0.25) is 0 Å². The van der Waals surface area contributed by atoms with Crippen molar-refractivity contribution in [1.82, 2.24) is 14.9 Å². The molecule has 1 aliphatic heterocycles. The molecule has 1 aliphatic carbocycles. The summed E-state index contributed by atoms with van der Waals surface area (Å²) in [4.78, 5) is 34.9. The van der Waals surface area contributed by atoms with Gasteiger partial charge in [0, 0.05) is 37.3 Å². The molecule has 2 heterocycles. The van der Waals surface area contributed by atoms with E-state index in [2.05, 4.69) is 9.97 Å². The zero-order valence-corrected chi connectivity index (χ0v) is 13.3. The average Bonchev–Trinajstić information content (AvgIpc) is 2.71. The van der Waals surface area contributed by atoms with E-state index in [1.807, 2.05) is 20.8 Å². The highest BCUT2D eigenvalue weighted by Crippen LogP contribution is 2.43. The van der Waals surface area contributed by atoms with Crippen molar-refractivity contribution >= 4 is 11.9 Å². The van der Waals surface area contributed by atoms with Gasteiger partial charge < -0.3 is 9.64 Å². The number of carbonyl (C=O) groups is 2. The molecule has 0 unspecified atom stereocenters. The molecular formula is C16H21N3O3. The van der Waals surface area contributed by atoms with Crippen molar-refractivity contribution in [3.8, 4) is 0 Å².